The zero-order chi connectivity index (χ0) is 22.2. The highest BCUT2D eigenvalue weighted by atomic mass is 16.6. The molecule has 8 nitrogen and oxygen atoms in total. The number of carbonyl (C=O) groups is 2. The number of hydrogen-bond donors (Lipinski definition) is 2. The minimum Gasteiger partial charge on any atom is -0.452 e. The Bertz CT molecular complexity index is 1100. The fourth-order valence-corrected chi connectivity index (χ4v) is 2.87. The third-order valence-corrected chi connectivity index (χ3v) is 4.51. The lowest BCUT2D eigenvalue weighted by atomic mass is 10.1. The molecule has 1 amide bonds. The highest BCUT2D eigenvalue weighted by Gasteiger charge is 2.19. The number of aryl methyl sites for hydroxylation is 1. The molecular weight excluding hydrogens is 398 g/mol. The van der Waals surface area contributed by atoms with Crippen molar-refractivity contribution >= 4 is 28.9 Å². The van der Waals surface area contributed by atoms with E-state index in [0.717, 1.165) is 17.2 Å². The number of benzene rings is 3. The zero-order valence-electron chi connectivity index (χ0n) is 16.8. The first-order valence-electron chi connectivity index (χ1n) is 9.53. The number of nitrogens with zero attached hydrogens (tertiary/aromatic N) is 1. The molecular formula is C23H21N3O5. The first-order chi connectivity index (χ1) is 14.9. The van der Waals surface area contributed by atoms with Crippen LogP contribution >= 0.6 is 0 Å². The largest absolute Gasteiger partial charge is 0.452 e. The Hall–Kier alpha value is -4.20. The van der Waals surface area contributed by atoms with Gasteiger partial charge in [0.05, 0.1) is 10.5 Å². The highest BCUT2D eigenvalue weighted by molar-refractivity contribution is 5.96. The molecule has 3 rings (SSSR count). The lowest BCUT2D eigenvalue weighted by Gasteiger charge is -2.10. The number of rotatable bonds is 8. The maximum Gasteiger partial charge on any atom is 0.338 e. The molecule has 0 saturated heterocycles. The number of nitro groups is 1. The fraction of sp³-hybridized carbons (Fsp3) is 0.130. The Balaban J connectivity index is 1.62. The predicted octanol–water partition coefficient (Wildman–Crippen LogP) is 4.31. The van der Waals surface area contributed by atoms with Crippen LogP contribution < -0.4 is 10.6 Å². The SMILES string of the molecule is Cc1ccccc1NC(=O)COC(=O)c1ccc(NCc2ccccc2)c([N+](=O)[O-])c1. The maximum absolute atomic E-state index is 12.3. The van der Waals surface area contributed by atoms with Crippen LogP contribution in [0.2, 0.25) is 0 Å². The van der Waals surface area contributed by atoms with Crippen LogP contribution in [0.3, 0.4) is 0 Å². The van der Waals surface area contributed by atoms with Gasteiger partial charge in [-0.05, 0) is 36.2 Å². The Morgan fingerprint density at radius 3 is 2.39 bits per heavy atom. The summed E-state index contributed by atoms with van der Waals surface area (Å²) in [5.41, 5.74) is 2.46. The van der Waals surface area contributed by atoms with Crippen molar-refractivity contribution in [3.63, 3.8) is 0 Å². The smallest absolute Gasteiger partial charge is 0.338 e. The van der Waals surface area contributed by atoms with Gasteiger partial charge in [0, 0.05) is 18.3 Å². The molecule has 0 aliphatic heterocycles. The molecule has 0 radical (unpaired) electrons. The van der Waals surface area contributed by atoms with E-state index in [2.05, 4.69) is 10.6 Å². The van der Waals surface area contributed by atoms with Crippen LogP contribution in [0.15, 0.2) is 72.8 Å². The van der Waals surface area contributed by atoms with Gasteiger partial charge in [-0.1, -0.05) is 48.5 Å². The highest BCUT2D eigenvalue weighted by Crippen LogP contribution is 2.26. The van der Waals surface area contributed by atoms with Crippen LogP contribution in [0.4, 0.5) is 17.1 Å². The second-order valence-electron chi connectivity index (χ2n) is 6.77. The van der Waals surface area contributed by atoms with Gasteiger partial charge in [-0.15, -0.1) is 0 Å². The topological polar surface area (TPSA) is 111 Å². The van der Waals surface area contributed by atoms with E-state index in [0.29, 0.717) is 12.2 Å². The predicted molar refractivity (Wildman–Crippen MR) is 117 cm³/mol. The number of nitro benzene ring substituents is 1. The number of esters is 1. The van der Waals surface area contributed by atoms with Crippen LogP contribution in [0.5, 0.6) is 0 Å². The van der Waals surface area contributed by atoms with E-state index >= 15 is 0 Å². The van der Waals surface area contributed by atoms with Crippen molar-refractivity contribution in [1.29, 1.82) is 0 Å². The zero-order valence-corrected chi connectivity index (χ0v) is 16.8. The van der Waals surface area contributed by atoms with E-state index in [1.54, 1.807) is 12.1 Å². The minimum absolute atomic E-state index is 0.0133. The molecule has 3 aromatic rings. The Kier molecular flexibility index (Phi) is 6.95. The number of amides is 1. The summed E-state index contributed by atoms with van der Waals surface area (Å²) in [5, 5.41) is 17.1. The van der Waals surface area contributed by atoms with E-state index in [1.165, 1.54) is 12.1 Å². The summed E-state index contributed by atoms with van der Waals surface area (Å²) in [6, 6.07) is 20.6. The van der Waals surface area contributed by atoms with Crippen LogP contribution in [-0.2, 0) is 16.1 Å². The molecule has 0 saturated carbocycles. The first kappa shape index (κ1) is 21.5. The monoisotopic (exact) mass is 419 g/mol. The van der Waals surface area contributed by atoms with Crippen molar-refractivity contribution in [3.05, 3.63) is 99.6 Å². The lowest BCUT2D eigenvalue weighted by Crippen LogP contribution is -2.21. The lowest BCUT2D eigenvalue weighted by molar-refractivity contribution is -0.384. The van der Waals surface area contributed by atoms with E-state index in [9.17, 15) is 19.7 Å². The number of hydrogen-bond acceptors (Lipinski definition) is 6. The maximum atomic E-state index is 12.3. The van der Waals surface area contributed by atoms with Gasteiger partial charge in [-0.2, -0.15) is 0 Å². The van der Waals surface area contributed by atoms with Crippen LogP contribution in [0, 0.1) is 17.0 Å². The Morgan fingerprint density at radius 2 is 1.68 bits per heavy atom. The minimum atomic E-state index is -0.822. The second-order valence-corrected chi connectivity index (χ2v) is 6.77. The van der Waals surface area contributed by atoms with E-state index in [4.69, 9.17) is 4.74 Å². The molecule has 31 heavy (non-hydrogen) atoms. The summed E-state index contributed by atoms with van der Waals surface area (Å²) < 4.78 is 5.01. The van der Waals surface area contributed by atoms with Crippen LogP contribution in [0.25, 0.3) is 0 Å². The molecule has 0 atom stereocenters. The van der Waals surface area contributed by atoms with Gasteiger partial charge < -0.3 is 15.4 Å². The van der Waals surface area contributed by atoms with E-state index in [1.807, 2.05) is 49.4 Å². The van der Waals surface area contributed by atoms with E-state index < -0.39 is 23.4 Å². The van der Waals surface area contributed by atoms with Crippen molar-refractivity contribution in [2.45, 2.75) is 13.5 Å². The molecule has 0 unspecified atom stereocenters. The number of para-hydroxylation sites is 1. The van der Waals surface area contributed by atoms with Crippen LogP contribution in [0.1, 0.15) is 21.5 Å². The summed E-state index contributed by atoms with van der Waals surface area (Å²) in [6.45, 7) is 1.73. The normalized spacial score (nSPS) is 10.2. The number of carbonyl (C=O) groups excluding carboxylic acids is 2. The first-order valence-corrected chi connectivity index (χ1v) is 9.53. The summed E-state index contributed by atoms with van der Waals surface area (Å²) in [7, 11) is 0. The number of ether oxygens (including phenoxy) is 1. The molecule has 0 spiro atoms. The van der Waals surface area contributed by atoms with Gasteiger partial charge in [-0.25, -0.2) is 4.79 Å². The fourth-order valence-electron chi connectivity index (χ4n) is 2.87. The van der Waals surface area contributed by atoms with Gasteiger partial charge in [0.1, 0.15) is 5.69 Å². The molecule has 0 aliphatic carbocycles. The van der Waals surface area contributed by atoms with Gasteiger partial charge >= 0.3 is 5.97 Å². The van der Waals surface area contributed by atoms with Crippen molar-refractivity contribution in [1.82, 2.24) is 0 Å². The van der Waals surface area contributed by atoms with Gasteiger partial charge in [0.2, 0.25) is 0 Å². The summed E-state index contributed by atoms with van der Waals surface area (Å²) in [6.07, 6.45) is 0. The van der Waals surface area contributed by atoms with Crippen molar-refractivity contribution < 1.29 is 19.2 Å². The average Bonchev–Trinajstić information content (AvgIpc) is 2.78. The molecule has 8 heteroatoms. The summed E-state index contributed by atoms with van der Waals surface area (Å²) >= 11 is 0. The van der Waals surface area contributed by atoms with Crippen LogP contribution in [-0.4, -0.2) is 23.4 Å². The molecule has 0 aromatic heterocycles. The quantitative estimate of drug-likeness (QED) is 0.320. The third-order valence-electron chi connectivity index (χ3n) is 4.51. The van der Waals surface area contributed by atoms with E-state index in [-0.39, 0.29) is 16.9 Å². The molecule has 2 N–H and O–H groups in total. The third kappa shape index (κ3) is 5.89. The summed E-state index contributed by atoms with van der Waals surface area (Å²) in [4.78, 5) is 35.2. The van der Waals surface area contributed by atoms with Crippen molar-refractivity contribution in [2.24, 2.45) is 0 Å². The molecule has 3 aromatic carbocycles. The van der Waals surface area contributed by atoms with Gasteiger partial charge in [0.25, 0.3) is 11.6 Å². The molecule has 0 aliphatic rings. The molecule has 0 bridgehead atoms. The summed E-state index contributed by atoms with van der Waals surface area (Å²) in [5.74, 6) is -1.32. The average molecular weight is 419 g/mol. The van der Waals surface area contributed by atoms with Gasteiger partial charge in [0.15, 0.2) is 6.61 Å². The second kappa shape index (κ2) is 10.0. The Labute approximate surface area is 179 Å². The van der Waals surface area contributed by atoms with Gasteiger partial charge in [-0.3, -0.25) is 14.9 Å². The van der Waals surface area contributed by atoms with Crippen molar-refractivity contribution in [2.75, 3.05) is 17.2 Å². The molecule has 0 heterocycles. The van der Waals surface area contributed by atoms with Crippen molar-refractivity contribution in [3.8, 4) is 0 Å². The number of nitrogens with one attached hydrogen (secondary N) is 2. The molecule has 158 valence electrons. The number of anilines is 2. The Morgan fingerprint density at radius 1 is 0.968 bits per heavy atom. The standard InChI is InChI=1S/C23H21N3O5/c1-16-7-5-6-10-19(16)25-22(27)15-31-23(28)18-11-12-20(21(13-18)26(29)30)24-14-17-8-3-2-4-9-17/h2-13,24H,14-15H2,1H3,(H,25,27). The molecule has 0 fully saturated rings.